The molecule has 0 aliphatic heterocycles. The van der Waals surface area contributed by atoms with Crippen LogP contribution >= 0.6 is 0 Å². The van der Waals surface area contributed by atoms with Crippen LogP contribution in [-0.4, -0.2) is 4.92 Å². The molecule has 0 amide bonds. The molecular formula is C10H5F2NO3. The number of rotatable bonds is 2. The van der Waals surface area contributed by atoms with Gasteiger partial charge in [0.2, 0.25) is 0 Å². The van der Waals surface area contributed by atoms with Crippen LogP contribution < -0.4 is 0 Å². The first-order valence-electron chi connectivity index (χ1n) is 4.27. The lowest BCUT2D eigenvalue weighted by atomic mass is 10.1. The lowest BCUT2D eigenvalue weighted by molar-refractivity contribution is -0.384. The molecule has 0 fully saturated rings. The Labute approximate surface area is 88.3 Å². The van der Waals surface area contributed by atoms with Crippen LogP contribution in [0.3, 0.4) is 0 Å². The third-order valence-electron chi connectivity index (χ3n) is 2.02. The van der Waals surface area contributed by atoms with Crippen LogP contribution in [0.25, 0.3) is 11.3 Å². The highest BCUT2D eigenvalue weighted by Crippen LogP contribution is 2.31. The second-order valence-corrected chi connectivity index (χ2v) is 3.02. The zero-order valence-corrected chi connectivity index (χ0v) is 7.81. The molecule has 2 aromatic rings. The average Bonchev–Trinajstić information content (AvgIpc) is 2.74. The summed E-state index contributed by atoms with van der Waals surface area (Å²) in [6, 6.07) is 4.21. The van der Waals surface area contributed by atoms with Gasteiger partial charge in [-0.15, -0.1) is 0 Å². The largest absolute Gasteiger partial charge is 0.464 e. The zero-order chi connectivity index (χ0) is 11.7. The number of nitro groups is 1. The van der Waals surface area contributed by atoms with E-state index < -0.39 is 22.2 Å². The Morgan fingerprint density at radius 2 is 1.94 bits per heavy atom. The fraction of sp³-hybridized carbons (Fsp3) is 0. The summed E-state index contributed by atoms with van der Waals surface area (Å²) in [6.45, 7) is 0. The van der Waals surface area contributed by atoms with E-state index in [0.717, 1.165) is 6.07 Å². The number of furan rings is 1. The van der Waals surface area contributed by atoms with E-state index in [1.54, 1.807) is 0 Å². The molecular weight excluding hydrogens is 220 g/mol. The van der Waals surface area contributed by atoms with Crippen molar-refractivity contribution in [2.75, 3.05) is 0 Å². The molecule has 16 heavy (non-hydrogen) atoms. The first kappa shape index (κ1) is 10.3. The molecule has 1 aromatic heterocycles. The molecule has 0 bridgehead atoms. The van der Waals surface area contributed by atoms with Gasteiger partial charge in [0, 0.05) is 0 Å². The normalized spacial score (nSPS) is 10.4. The van der Waals surface area contributed by atoms with Gasteiger partial charge in [0.05, 0.1) is 22.8 Å². The molecule has 0 N–H and O–H groups in total. The third kappa shape index (κ3) is 1.65. The minimum Gasteiger partial charge on any atom is -0.464 e. The lowest BCUT2D eigenvalue weighted by Gasteiger charge is -2.00. The zero-order valence-electron chi connectivity index (χ0n) is 7.81. The minimum atomic E-state index is -1.26. The van der Waals surface area contributed by atoms with E-state index in [4.69, 9.17) is 4.42 Å². The highest BCUT2D eigenvalue weighted by atomic mass is 19.2. The Morgan fingerprint density at radius 1 is 1.25 bits per heavy atom. The van der Waals surface area contributed by atoms with Gasteiger partial charge in [-0.2, -0.15) is 0 Å². The van der Waals surface area contributed by atoms with E-state index in [1.807, 2.05) is 0 Å². The Morgan fingerprint density at radius 3 is 2.50 bits per heavy atom. The van der Waals surface area contributed by atoms with E-state index in [-0.39, 0.29) is 11.3 Å². The van der Waals surface area contributed by atoms with E-state index in [0.29, 0.717) is 6.07 Å². The number of halogens is 2. The van der Waals surface area contributed by atoms with Crippen LogP contribution in [0.2, 0.25) is 0 Å². The van der Waals surface area contributed by atoms with Gasteiger partial charge in [-0.3, -0.25) is 10.1 Å². The topological polar surface area (TPSA) is 56.3 Å². The summed E-state index contributed by atoms with van der Waals surface area (Å²) >= 11 is 0. The van der Waals surface area contributed by atoms with Crippen LogP contribution in [0.15, 0.2) is 34.9 Å². The summed E-state index contributed by atoms with van der Waals surface area (Å²) in [5.41, 5.74) is -0.622. The maximum absolute atomic E-state index is 13.0. The first-order chi connectivity index (χ1) is 7.59. The molecule has 0 saturated carbocycles. The van der Waals surface area contributed by atoms with Gasteiger partial charge in [-0.05, 0) is 18.2 Å². The van der Waals surface area contributed by atoms with Crippen LogP contribution in [0, 0.1) is 21.7 Å². The quantitative estimate of drug-likeness (QED) is 0.582. The molecule has 4 nitrogen and oxygen atoms in total. The second-order valence-electron chi connectivity index (χ2n) is 3.02. The smallest absolute Gasteiger partial charge is 0.283 e. The molecule has 2 rings (SSSR count). The van der Waals surface area contributed by atoms with Crippen LogP contribution in [-0.2, 0) is 0 Å². The van der Waals surface area contributed by atoms with Crippen molar-refractivity contribution in [3.63, 3.8) is 0 Å². The molecule has 1 aromatic carbocycles. The molecule has 6 heteroatoms. The number of benzene rings is 1. The number of hydrogen-bond donors (Lipinski definition) is 0. The maximum atomic E-state index is 13.0. The molecule has 0 aliphatic rings. The summed E-state index contributed by atoms with van der Waals surface area (Å²) in [5.74, 6) is -2.30. The van der Waals surface area contributed by atoms with Crippen molar-refractivity contribution < 1.29 is 18.1 Å². The van der Waals surface area contributed by atoms with E-state index in [9.17, 15) is 18.9 Å². The highest BCUT2D eigenvalue weighted by Gasteiger charge is 2.21. The molecule has 0 unspecified atom stereocenters. The second kappa shape index (κ2) is 3.73. The molecule has 0 atom stereocenters. The van der Waals surface area contributed by atoms with Crippen molar-refractivity contribution in [2.45, 2.75) is 0 Å². The van der Waals surface area contributed by atoms with Gasteiger partial charge in [0.15, 0.2) is 11.6 Å². The van der Waals surface area contributed by atoms with E-state index >= 15 is 0 Å². The van der Waals surface area contributed by atoms with Crippen molar-refractivity contribution in [2.24, 2.45) is 0 Å². The van der Waals surface area contributed by atoms with Crippen LogP contribution in [0.5, 0.6) is 0 Å². The minimum absolute atomic E-state index is 0.0890. The first-order valence-corrected chi connectivity index (χ1v) is 4.27. The monoisotopic (exact) mass is 225 g/mol. The Hall–Kier alpha value is -2.24. The van der Waals surface area contributed by atoms with E-state index in [2.05, 4.69) is 0 Å². The van der Waals surface area contributed by atoms with Gasteiger partial charge in [-0.25, -0.2) is 8.78 Å². The van der Waals surface area contributed by atoms with Gasteiger partial charge in [0.1, 0.15) is 5.76 Å². The van der Waals surface area contributed by atoms with Crippen LogP contribution in [0.4, 0.5) is 14.5 Å². The Kier molecular flexibility index (Phi) is 2.40. The Bertz CT molecular complexity index is 537. The summed E-state index contributed by atoms with van der Waals surface area (Å²) in [4.78, 5) is 9.86. The fourth-order valence-corrected chi connectivity index (χ4v) is 1.32. The third-order valence-corrected chi connectivity index (χ3v) is 2.02. The number of nitro benzene ring substituents is 1. The predicted molar refractivity (Wildman–Crippen MR) is 50.7 cm³/mol. The predicted octanol–water partition coefficient (Wildman–Crippen LogP) is 3.13. The van der Waals surface area contributed by atoms with Crippen molar-refractivity contribution in [1.29, 1.82) is 0 Å². The number of hydrogen-bond acceptors (Lipinski definition) is 3. The van der Waals surface area contributed by atoms with Gasteiger partial charge >= 0.3 is 0 Å². The molecule has 1 heterocycles. The summed E-state index contributed by atoms with van der Waals surface area (Å²) < 4.78 is 30.7. The summed E-state index contributed by atoms with van der Waals surface area (Å²) in [7, 11) is 0. The van der Waals surface area contributed by atoms with E-state index in [1.165, 1.54) is 18.4 Å². The van der Waals surface area contributed by atoms with Gasteiger partial charge < -0.3 is 4.42 Å². The van der Waals surface area contributed by atoms with Gasteiger partial charge in [0.25, 0.3) is 5.69 Å². The summed E-state index contributed by atoms with van der Waals surface area (Å²) in [6.07, 6.45) is 1.29. The van der Waals surface area contributed by atoms with Gasteiger partial charge in [-0.1, -0.05) is 0 Å². The molecule has 0 saturated heterocycles. The van der Waals surface area contributed by atoms with Crippen molar-refractivity contribution >= 4 is 5.69 Å². The highest BCUT2D eigenvalue weighted by molar-refractivity contribution is 5.69. The Balaban J connectivity index is 2.68. The van der Waals surface area contributed by atoms with Crippen LogP contribution in [0.1, 0.15) is 0 Å². The molecule has 0 radical (unpaired) electrons. The van der Waals surface area contributed by atoms with Crippen molar-refractivity contribution in [1.82, 2.24) is 0 Å². The van der Waals surface area contributed by atoms with Crippen molar-refractivity contribution in [3.05, 3.63) is 52.3 Å². The fourth-order valence-electron chi connectivity index (χ4n) is 1.32. The molecule has 82 valence electrons. The maximum Gasteiger partial charge on any atom is 0.283 e. The number of nitrogens with zero attached hydrogens (tertiary/aromatic N) is 1. The lowest BCUT2D eigenvalue weighted by Crippen LogP contribution is -1.95. The van der Waals surface area contributed by atoms with Crippen molar-refractivity contribution in [3.8, 4) is 11.3 Å². The summed E-state index contributed by atoms with van der Waals surface area (Å²) in [5, 5.41) is 10.7. The molecule has 0 aliphatic carbocycles. The standard InChI is InChI=1S/C10H5F2NO3/c11-7-4-6(10-2-1-3-16-10)9(13(14)15)5-8(7)12/h1-5H. The SMILES string of the molecule is O=[N+]([O-])c1cc(F)c(F)cc1-c1ccco1. The average molecular weight is 225 g/mol. The molecule has 0 spiro atoms.